The van der Waals surface area contributed by atoms with Crippen LogP contribution < -0.4 is 0 Å². The number of aromatic nitrogens is 1. The molecule has 12 heavy (non-hydrogen) atoms. The van der Waals surface area contributed by atoms with E-state index in [-0.39, 0.29) is 5.92 Å². The monoisotopic (exact) mass is 169 g/mol. The van der Waals surface area contributed by atoms with Crippen molar-refractivity contribution in [3.63, 3.8) is 0 Å². The molecule has 0 fully saturated rings. The second-order valence-electron chi connectivity index (χ2n) is 2.77. The van der Waals surface area contributed by atoms with Gasteiger partial charge in [-0.1, -0.05) is 12.1 Å². The third-order valence-electron chi connectivity index (χ3n) is 1.75. The molecule has 0 bridgehead atoms. The van der Waals surface area contributed by atoms with Crippen LogP contribution in [0.25, 0.3) is 0 Å². The molecule has 4 heteroatoms. The number of carboxylic acids is 1. The fourth-order valence-corrected chi connectivity index (χ4v) is 0.854. The molecule has 0 saturated heterocycles. The zero-order valence-electron chi connectivity index (χ0n) is 6.86. The van der Waals surface area contributed by atoms with Crippen LogP contribution in [-0.2, 0) is 11.2 Å². The number of hydrogen-bond acceptors (Lipinski definition) is 3. The summed E-state index contributed by atoms with van der Waals surface area (Å²) in [5, 5.41) is 12.2. The van der Waals surface area contributed by atoms with E-state index >= 15 is 0 Å². The summed E-state index contributed by atoms with van der Waals surface area (Å²) in [5.41, 5.74) is 0.808. The second kappa shape index (κ2) is 3.90. The molecule has 1 atom stereocenters. The molecule has 1 rings (SSSR count). The lowest BCUT2D eigenvalue weighted by atomic mass is 10.1. The van der Waals surface area contributed by atoms with Gasteiger partial charge in [0, 0.05) is 6.07 Å². The predicted molar refractivity (Wildman–Crippen MR) is 41.6 cm³/mol. The largest absolute Gasteiger partial charge is 0.481 e. The van der Waals surface area contributed by atoms with Gasteiger partial charge in [-0.2, -0.15) is 0 Å². The molecule has 4 nitrogen and oxygen atoms in total. The Morgan fingerprint density at radius 1 is 1.83 bits per heavy atom. The van der Waals surface area contributed by atoms with E-state index in [2.05, 4.69) is 9.68 Å². The van der Waals surface area contributed by atoms with Crippen LogP contribution >= 0.6 is 0 Å². The zero-order valence-corrected chi connectivity index (χ0v) is 6.86. The zero-order chi connectivity index (χ0) is 8.97. The molecular formula is C8H11NO3. The molecule has 66 valence electrons. The Kier molecular flexibility index (Phi) is 2.85. The first kappa shape index (κ1) is 8.77. The van der Waals surface area contributed by atoms with Crippen LogP contribution in [0.15, 0.2) is 16.9 Å². The number of carboxylic acid groups (broad SMARTS) is 1. The summed E-state index contributed by atoms with van der Waals surface area (Å²) in [5.74, 6) is -1.08. The SMILES string of the molecule is CC(CCc1ccon1)C(=O)O. The first-order valence-electron chi connectivity index (χ1n) is 3.82. The minimum Gasteiger partial charge on any atom is -0.481 e. The van der Waals surface area contributed by atoms with E-state index < -0.39 is 5.97 Å². The smallest absolute Gasteiger partial charge is 0.306 e. The number of aryl methyl sites for hydroxylation is 1. The van der Waals surface area contributed by atoms with Crippen LogP contribution in [0.3, 0.4) is 0 Å². The normalized spacial score (nSPS) is 12.8. The number of aliphatic carboxylic acids is 1. The molecule has 0 aliphatic carbocycles. The molecular weight excluding hydrogens is 158 g/mol. The number of rotatable bonds is 4. The predicted octanol–water partition coefficient (Wildman–Crippen LogP) is 1.33. The van der Waals surface area contributed by atoms with Crippen LogP contribution in [0, 0.1) is 5.92 Å². The van der Waals surface area contributed by atoms with Gasteiger partial charge in [-0.15, -0.1) is 0 Å². The second-order valence-corrected chi connectivity index (χ2v) is 2.77. The summed E-state index contributed by atoms with van der Waals surface area (Å²) in [6.07, 6.45) is 2.74. The molecule has 0 saturated carbocycles. The maximum Gasteiger partial charge on any atom is 0.306 e. The standard InChI is InChI=1S/C8H11NO3/c1-6(8(10)11)2-3-7-4-5-12-9-7/h4-6H,2-3H2,1H3,(H,10,11). The minimum absolute atomic E-state index is 0.318. The highest BCUT2D eigenvalue weighted by Gasteiger charge is 2.10. The van der Waals surface area contributed by atoms with Gasteiger partial charge in [-0.3, -0.25) is 4.79 Å². The Bertz CT molecular complexity index is 243. The van der Waals surface area contributed by atoms with Gasteiger partial charge < -0.3 is 9.63 Å². The van der Waals surface area contributed by atoms with Gasteiger partial charge in [0.05, 0.1) is 11.6 Å². The molecule has 0 amide bonds. The molecule has 0 aliphatic rings. The fraction of sp³-hybridized carbons (Fsp3) is 0.500. The van der Waals surface area contributed by atoms with Crippen molar-refractivity contribution in [1.29, 1.82) is 0 Å². The summed E-state index contributed by atoms with van der Waals surface area (Å²) in [4.78, 5) is 10.4. The van der Waals surface area contributed by atoms with Gasteiger partial charge in [-0.25, -0.2) is 0 Å². The lowest BCUT2D eigenvalue weighted by Gasteiger charge is -2.02. The molecule has 1 aromatic heterocycles. The van der Waals surface area contributed by atoms with Gasteiger partial charge in [-0.05, 0) is 12.8 Å². The maximum absolute atomic E-state index is 10.4. The van der Waals surface area contributed by atoms with E-state index in [0.29, 0.717) is 12.8 Å². The third kappa shape index (κ3) is 2.38. The topological polar surface area (TPSA) is 63.3 Å². The van der Waals surface area contributed by atoms with Crippen molar-refractivity contribution in [2.75, 3.05) is 0 Å². The van der Waals surface area contributed by atoms with Crippen molar-refractivity contribution in [1.82, 2.24) is 5.16 Å². The van der Waals surface area contributed by atoms with Crippen molar-refractivity contribution >= 4 is 5.97 Å². The summed E-state index contributed by atoms with van der Waals surface area (Å²) in [6.45, 7) is 1.68. The summed E-state index contributed by atoms with van der Waals surface area (Å²) in [6, 6.07) is 1.74. The van der Waals surface area contributed by atoms with E-state index in [1.54, 1.807) is 13.0 Å². The summed E-state index contributed by atoms with van der Waals surface area (Å²) in [7, 11) is 0. The summed E-state index contributed by atoms with van der Waals surface area (Å²) < 4.78 is 4.61. The molecule has 1 unspecified atom stereocenters. The van der Waals surface area contributed by atoms with E-state index in [0.717, 1.165) is 5.69 Å². The lowest BCUT2D eigenvalue weighted by Crippen LogP contribution is -2.10. The number of nitrogens with zero attached hydrogens (tertiary/aromatic N) is 1. The Labute approximate surface area is 70.2 Å². The first-order chi connectivity index (χ1) is 5.70. The van der Waals surface area contributed by atoms with Gasteiger partial charge in [0.1, 0.15) is 6.26 Å². The molecule has 0 radical (unpaired) electrons. The average Bonchev–Trinajstić information content (AvgIpc) is 2.51. The molecule has 1 heterocycles. The number of carbonyl (C=O) groups is 1. The maximum atomic E-state index is 10.4. The third-order valence-corrected chi connectivity index (χ3v) is 1.75. The molecule has 0 aromatic carbocycles. The Hall–Kier alpha value is -1.32. The van der Waals surface area contributed by atoms with Crippen molar-refractivity contribution in [2.45, 2.75) is 19.8 Å². The van der Waals surface area contributed by atoms with E-state index in [9.17, 15) is 4.79 Å². The Morgan fingerprint density at radius 2 is 2.58 bits per heavy atom. The van der Waals surface area contributed by atoms with Crippen LogP contribution in [-0.4, -0.2) is 16.2 Å². The fourth-order valence-electron chi connectivity index (χ4n) is 0.854. The van der Waals surface area contributed by atoms with E-state index in [1.807, 2.05) is 0 Å². The lowest BCUT2D eigenvalue weighted by molar-refractivity contribution is -0.141. The first-order valence-corrected chi connectivity index (χ1v) is 3.82. The van der Waals surface area contributed by atoms with E-state index in [4.69, 9.17) is 5.11 Å². The van der Waals surface area contributed by atoms with Crippen LogP contribution in [0.5, 0.6) is 0 Å². The van der Waals surface area contributed by atoms with Gasteiger partial charge >= 0.3 is 5.97 Å². The van der Waals surface area contributed by atoms with Gasteiger partial charge in [0.25, 0.3) is 0 Å². The van der Waals surface area contributed by atoms with Crippen molar-refractivity contribution in [2.24, 2.45) is 5.92 Å². The van der Waals surface area contributed by atoms with Crippen molar-refractivity contribution in [3.8, 4) is 0 Å². The van der Waals surface area contributed by atoms with Crippen molar-refractivity contribution in [3.05, 3.63) is 18.0 Å². The highest BCUT2D eigenvalue weighted by atomic mass is 16.5. The van der Waals surface area contributed by atoms with Crippen LogP contribution in [0.1, 0.15) is 19.0 Å². The van der Waals surface area contributed by atoms with E-state index in [1.165, 1.54) is 6.26 Å². The average molecular weight is 169 g/mol. The van der Waals surface area contributed by atoms with Crippen molar-refractivity contribution < 1.29 is 14.4 Å². The van der Waals surface area contributed by atoms with Crippen LogP contribution in [0.2, 0.25) is 0 Å². The Balaban J connectivity index is 2.31. The highest BCUT2D eigenvalue weighted by Crippen LogP contribution is 2.07. The minimum atomic E-state index is -0.765. The quantitative estimate of drug-likeness (QED) is 0.738. The molecule has 0 spiro atoms. The Morgan fingerprint density at radius 3 is 3.08 bits per heavy atom. The number of hydrogen-bond donors (Lipinski definition) is 1. The van der Waals surface area contributed by atoms with Gasteiger partial charge in [0.2, 0.25) is 0 Å². The van der Waals surface area contributed by atoms with Crippen LogP contribution in [0.4, 0.5) is 0 Å². The van der Waals surface area contributed by atoms with Gasteiger partial charge in [0.15, 0.2) is 0 Å². The molecule has 0 aliphatic heterocycles. The highest BCUT2D eigenvalue weighted by molar-refractivity contribution is 5.69. The molecule has 1 aromatic rings. The summed E-state index contributed by atoms with van der Waals surface area (Å²) >= 11 is 0. The molecule has 1 N–H and O–H groups in total.